The molecule has 0 aliphatic heterocycles. The van der Waals surface area contributed by atoms with E-state index in [9.17, 15) is 14.7 Å². The lowest BCUT2D eigenvalue weighted by atomic mass is 9.81. The Kier molecular flexibility index (Phi) is 28.5. The minimum atomic E-state index is -0.954. The molecule has 0 saturated carbocycles. The molecule has 0 aliphatic rings. The summed E-state index contributed by atoms with van der Waals surface area (Å²) in [6.07, 6.45) is 48.3. The van der Waals surface area contributed by atoms with Crippen molar-refractivity contribution in [3.05, 3.63) is 97.2 Å². The second kappa shape index (κ2) is 30.8. The number of unbranched alkanes of at least 4 members (excludes halogenated alkanes) is 7. The maximum absolute atomic E-state index is 12.1. The predicted octanol–water partition coefficient (Wildman–Crippen LogP) is 11.1. The van der Waals surface area contributed by atoms with E-state index in [2.05, 4.69) is 56.4 Å². The molecule has 2 N–H and O–H groups in total. The fourth-order valence-corrected chi connectivity index (χ4v) is 4.77. The summed E-state index contributed by atoms with van der Waals surface area (Å²) in [4.78, 5) is 22.4. The maximum Gasteiger partial charge on any atom is 0.328 e. The minimum Gasteiger partial charge on any atom is -0.481 e. The summed E-state index contributed by atoms with van der Waals surface area (Å²) in [6, 6.07) is 0. The maximum atomic E-state index is 12.1. The molecule has 2 unspecified atom stereocenters. The van der Waals surface area contributed by atoms with E-state index in [1.54, 1.807) is 12.2 Å². The van der Waals surface area contributed by atoms with E-state index < -0.39 is 11.9 Å². The minimum absolute atomic E-state index is 0.233. The van der Waals surface area contributed by atoms with Crippen LogP contribution in [-0.2, 0) is 9.59 Å². The fraction of sp³-hybridized carbons (Fsp3) is 0.526. The van der Waals surface area contributed by atoms with Gasteiger partial charge in [-0.25, -0.2) is 4.79 Å². The van der Waals surface area contributed by atoms with Gasteiger partial charge in [-0.2, -0.15) is 0 Å². The van der Waals surface area contributed by atoms with Gasteiger partial charge in [0.1, 0.15) is 0 Å². The van der Waals surface area contributed by atoms with Crippen molar-refractivity contribution in [3.8, 4) is 0 Å². The van der Waals surface area contributed by atoms with Gasteiger partial charge < -0.3 is 10.2 Å². The smallest absolute Gasteiger partial charge is 0.328 e. The van der Waals surface area contributed by atoms with Crippen LogP contribution in [0.15, 0.2) is 97.2 Å². The highest BCUT2D eigenvalue weighted by molar-refractivity contribution is 5.80. The van der Waals surface area contributed by atoms with E-state index in [1.807, 2.05) is 30.4 Å². The molecule has 234 valence electrons. The summed E-state index contributed by atoms with van der Waals surface area (Å²) in [5.74, 6) is -1.54. The monoisotopic (exact) mass is 578 g/mol. The second-order valence-corrected chi connectivity index (χ2v) is 10.7. The van der Waals surface area contributed by atoms with Crippen LogP contribution in [-0.4, -0.2) is 22.2 Å². The molecule has 2 atom stereocenters. The zero-order valence-corrected chi connectivity index (χ0v) is 26.4. The Morgan fingerprint density at radius 2 is 1.07 bits per heavy atom. The molecule has 4 heteroatoms. The molecule has 0 aromatic heterocycles. The summed E-state index contributed by atoms with van der Waals surface area (Å²) in [7, 11) is 0. The van der Waals surface area contributed by atoms with Crippen LogP contribution >= 0.6 is 0 Å². The Morgan fingerprint density at radius 1 is 0.524 bits per heavy atom. The highest BCUT2D eigenvalue weighted by atomic mass is 16.4. The molecule has 0 heterocycles. The van der Waals surface area contributed by atoms with Crippen LogP contribution in [0.25, 0.3) is 0 Å². The Hall–Kier alpha value is -3.14. The molecule has 0 bridgehead atoms. The number of rotatable bonds is 27. The van der Waals surface area contributed by atoms with Crippen LogP contribution in [0, 0.1) is 11.8 Å². The molecule has 0 saturated heterocycles. The second-order valence-electron chi connectivity index (χ2n) is 10.7. The normalized spacial score (nSPS) is 14.4. The molecule has 0 spiro atoms. The number of allylic oxidation sites excluding steroid dienone is 15. The predicted molar refractivity (Wildman–Crippen MR) is 181 cm³/mol. The summed E-state index contributed by atoms with van der Waals surface area (Å²) in [6.45, 7) is 4.39. The Balaban J connectivity index is 4.20. The van der Waals surface area contributed by atoms with E-state index in [4.69, 9.17) is 5.11 Å². The van der Waals surface area contributed by atoms with Gasteiger partial charge in [0.25, 0.3) is 0 Å². The van der Waals surface area contributed by atoms with E-state index in [-0.39, 0.29) is 11.8 Å². The first-order valence-electron chi connectivity index (χ1n) is 16.3. The van der Waals surface area contributed by atoms with E-state index in [0.717, 1.165) is 83.1 Å². The molecule has 0 radical (unpaired) electrons. The fourth-order valence-electron chi connectivity index (χ4n) is 4.77. The molecule has 0 fully saturated rings. The van der Waals surface area contributed by atoms with Crippen molar-refractivity contribution in [2.24, 2.45) is 11.8 Å². The van der Waals surface area contributed by atoms with Gasteiger partial charge in [-0.05, 0) is 76.5 Å². The van der Waals surface area contributed by atoms with E-state index in [1.165, 1.54) is 31.8 Å². The van der Waals surface area contributed by atoms with Crippen molar-refractivity contribution in [2.45, 2.75) is 117 Å². The summed E-state index contributed by atoms with van der Waals surface area (Å²) < 4.78 is 0. The van der Waals surface area contributed by atoms with Gasteiger partial charge in [0.15, 0.2) is 0 Å². The van der Waals surface area contributed by atoms with Crippen molar-refractivity contribution in [1.29, 1.82) is 0 Å². The third kappa shape index (κ3) is 27.1. The van der Waals surface area contributed by atoms with Crippen LogP contribution < -0.4 is 0 Å². The largest absolute Gasteiger partial charge is 0.481 e. The van der Waals surface area contributed by atoms with Crippen molar-refractivity contribution >= 4 is 11.9 Å². The third-order valence-electron chi connectivity index (χ3n) is 7.05. The molecule has 0 aliphatic carbocycles. The first-order valence-corrected chi connectivity index (χ1v) is 16.3. The van der Waals surface area contributed by atoms with Crippen molar-refractivity contribution in [1.82, 2.24) is 0 Å². The molecular weight excluding hydrogens is 520 g/mol. The van der Waals surface area contributed by atoms with Crippen LogP contribution in [0.3, 0.4) is 0 Å². The number of carbonyl (C=O) groups is 2. The first-order chi connectivity index (χ1) is 20.5. The topological polar surface area (TPSA) is 74.6 Å². The average Bonchev–Trinajstić information content (AvgIpc) is 2.96. The summed E-state index contributed by atoms with van der Waals surface area (Å²) in [5.41, 5.74) is 0. The van der Waals surface area contributed by atoms with Crippen LogP contribution in [0.2, 0.25) is 0 Å². The molecule has 0 amide bonds. The standard InChI is InChI=1S/C38H58O4/c1-3-5-6-7-8-9-10-11-14-17-20-23-26-29-33-36(38(41)42)35(31-4-2)32-28-25-22-19-16-13-12-15-18-21-24-27-30-34-37(39)40/h8-9,11-16,18,20-21,23-24,27,30,34-36H,3-7,10,17,19,22,25-26,28-29,31-33H2,1-2H3,(H,39,40)(H,41,42). The van der Waals surface area contributed by atoms with Crippen LogP contribution in [0.5, 0.6) is 0 Å². The summed E-state index contributed by atoms with van der Waals surface area (Å²) in [5, 5.41) is 18.4. The molecule has 0 rings (SSSR count). The van der Waals surface area contributed by atoms with Crippen LogP contribution in [0.4, 0.5) is 0 Å². The lowest BCUT2D eigenvalue weighted by Gasteiger charge is -2.23. The highest BCUT2D eigenvalue weighted by Crippen LogP contribution is 2.29. The Bertz CT molecular complexity index is 898. The van der Waals surface area contributed by atoms with Gasteiger partial charge in [-0.1, -0.05) is 137 Å². The van der Waals surface area contributed by atoms with E-state index >= 15 is 0 Å². The zero-order chi connectivity index (χ0) is 30.9. The lowest BCUT2D eigenvalue weighted by Crippen LogP contribution is -2.24. The Labute approximate surface area is 257 Å². The van der Waals surface area contributed by atoms with Crippen molar-refractivity contribution in [2.75, 3.05) is 0 Å². The number of carboxylic acids is 2. The molecule has 42 heavy (non-hydrogen) atoms. The van der Waals surface area contributed by atoms with Gasteiger partial charge in [0, 0.05) is 6.08 Å². The van der Waals surface area contributed by atoms with Crippen molar-refractivity contribution < 1.29 is 19.8 Å². The van der Waals surface area contributed by atoms with Crippen molar-refractivity contribution in [3.63, 3.8) is 0 Å². The molecule has 0 aromatic rings. The average molecular weight is 579 g/mol. The van der Waals surface area contributed by atoms with Gasteiger partial charge in [-0.3, -0.25) is 4.79 Å². The molecule has 4 nitrogen and oxygen atoms in total. The van der Waals surface area contributed by atoms with Gasteiger partial charge in [0.05, 0.1) is 5.92 Å². The quantitative estimate of drug-likeness (QED) is 0.0440. The highest BCUT2D eigenvalue weighted by Gasteiger charge is 2.26. The SMILES string of the molecule is CCCCCC=CCC=CCC=CCCCC(C(=O)O)C(CCC)CCCCCC=CC=CC=CC=CC=CC(=O)O. The molecule has 0 aromatic carbocycles. The Morgan fingerprint density at radius 3 is 1.67 bits per heavy atom. The summed E-state index contributed by atoms with van der Waals surface area (Å²) >= 11 is 0. The zero-order valence-electron chi connectivity index (χ0n) is 26.4. The van der Waals surface area contributed by atoms with E-state index in [0.29, 0.717) is 0 Å². The van der Waals surface area contributed by atoms with Crippen LogP contribution in [0.1, 0.15) is 117 Å². The number of hydrogen-bond donors (Lipinski definition) is 2. The number of hydrogen-bond acceptors (Lipinski definition) is 2. The number of aliphatic carboxylic acids is 2. The third-order valence-corrected chi connectivity index (χ3v) is 7.05. The van der Waals surface area contributed by atoms with Gasteiger partial charge in [-0.15, -0.1) is 0 Å². The van der Waals surface area contributed by atoms with Gasteiger partial charge in [0.2, 0.25) is 0 Å². The lowest BCUT2D eigenvalue weighted by molar-refractivity contribution is -0.144. The first kappa shape index (κ1) is 38.9. The number of carboxylic acid groups (broad SMARTS) is 2. The molecular formula is C38H58O4. The van der Waals surface area contributed by atoms with Gasteiger partial charge >= 0.3 is 11.9 Å².